The van der Waals surface area contributed by atoms with Gasteiger partial charge in [-0.3, -0.25) is 0 Å². The largest absolute Gasteiger partial charge is 0.497 e. The standard InChI is InChI=1S/C21H19N3O3S/c1-4-23-20-12-16(27-2)6-7-17(20)18(13-22)21(23)15-5-8-19-14(11-15)9-10-24(19)28(3,25)26/h5-12H,4H2,1-3H3. The summed E-state index contributed by atoms with van der Waals surface area (Å²) < 4.78 is 32.6. The van der Waals surface area contributed by atoms with E-state index in [1.54, 1.807) is 25.4 Å². The van der Waals surface area contributed by atoms with Crippen molar-refractivity contribution in [2.45, 2.75) is 13.5 Å². The number of fused-ring (bicyclic) bond motifs is 2. The number of aromatic nitrogens is 2. The van der Waals surface area contributed by atoms with Gasteiger partial charge in [0.1, 0.15) is 11.8 Å². The van der Waals surface area contributed by atoms with Gasteiger partial charge in [0.2, 0.25) is 10.0 Å². The Morgan fingerprint density at radius 2 is 1.89 bits per heavy atom. The van der Waals surface area contributed by atoms with Crippen molar-refractivity contribution < 1.29 is 13.2 Å². The van der Waals surface area contributed by atoms with Crippen molar-refractivity contribution in [1.29, 1.82) is 5.26 Å². The summed E-state index contributed by atoms with van der Waals surface area (Å²) in [6, 6.07) is 15.4. The summed E-state index contributed by atoms with van der Waals surface area (Å²) in [7, 11) is -1.75. The molecule has 0 atom stereocenters. The Bertz CT molecular complexity index is 1370. The molecule has 0 bridgehead atoms. The number of hydrogen-bond acceptors (Lipinski definition) is 4. The van der Waals surface area contributed by atoms with Gasteiger partial charge in [-0.05, 0) is 37.3 Å². The van der Waals surface area contributed by atoms with E-state index in [9.17, 15) is 13.7 Å². The third kappa shape index (κ3) is 2.65. The molecule has 0 N–H and O–H groups in total. The Labute approximate surface area is 163 Å². The van der Waals surface area contributed by atoms with Crippen LogP contribution in [0.25, 0.3) is 33.1 Å². The van der Waals surface area contributed by atoms with E-state index in [0.29, 0.717) is 17.6 Å². The van der Waals surface area contributed by atoms with Gasteiger partial charge in [-0.25, -0.2) is 12.4 Å². The first-order valence-electron chi connectivity index (χ1n) is 8.81. The van der Waals surface area contributed by atoms with Crippen LogP contribution < -0.4 is 4.74 Å². The highest BCUT2D eigenvalue weighted by molar-refractivity contribution is 7.89. The molecule has 2 aromatic heterocycles. The lowest BCUT2D eigenvalue weighted by Crippen LogP contribution is -2.07. The third-order valence-corrected chi connectivity index (χ3v) is 6.02. The van der Waals surface area contributed by atoms with Crippen molar-refractivity contribution in [3.8, 4) is 23.1 Å². The molecule has 0 spiro atoms. The molecule has 4 rings (SSSR count). The molecule has 4 aromatic rings. The highest BCUT2D eigenvalue weighted by Crippen LogP contribution is 2.36. The number of nitriles is 1. The molecule has 0 unspecified atom stereocenters. The van der Waals surface area contributed by atoms with E-state index in [1.165, 1.54) is 10.2 Å². The molecule has 28 heavy (non-hydrogen) atoms. The number of nitrogens with zero attached hydrogens (tertiary/aromatic N) is 3. The molecule has 0 aliphatic rings. The van der Waals surface area contributed by atoms with Crippen LogP contribution in [-0.2, 0) is 16.6 Å². The van der Waals surface area contributed by atoms with Gasteiger partial charge in [0.05, 0.1) is 35.7 Å². The number of rotatable bonds is 4. The SMILES string of the molecule is CCn1c(-c2ccc3c(ccn3S(C)(=O)=O)c2)c(C#N)c2ccc(OC)cc21. The molecule has 0 aliphatic carbocycles. The van der Waals surface area contributed by atoms with Crippen molar-refractivity contribution in [2.24, 2.45) is 0 Å². The van der Waals surface area contributed by atoms with Crippen LogP contribution in [0.5, 0.6) is 5.75 Å². The van der Waals surface area contributed by atoms with Crippen molar-refractivity contribution in [3.63, 3.8) is 0 Å². The van der Waals surface area contributed by atoms with Crippen LogP contribution in [0.2, 0.25) is 0 Å². The summed E-state index contributed by atoms with van der Waals surface area (Å²) in [6.07, 6.45) is 2.73. The van der Waals surface area contributed by atoms with Gasteiger partial charge in [0, 0.05) is 35.1 Å². The monoisotopic (exact) mass is 393 g/mol. The number of ether oxygens (including phenoxy) is 1. The Balaban J connectivity index is 2.02. The average Bonchev–Trinajstić information content (AvgIpc) is 3.24. The van der Waals surface area contributed by atoms with Gasteiger partial charge >= 0.3 is 0 Å². The molecule has 2 aromatic carbocycles. The van der Waals surface area contributed by atoms with Gasteiger partial charge in [-0.1, -0.05) is 6.07 Å². The molecule has 7 heteroatoms. The molecule has 0 amide bonds. The maximum atomic E-state index is 11.9. The lowest BCUT2D eigenvalue weighted by atomic mass is 10.0. The van der Waals surface area contributed by atoms with Crippen LogP contribution in [0.3, 0.4) is 0 Å². The van der Waals surface area contributed by atoms with E-state index in [4.69, 9.17) is 4.74 Å². The van der Waals surface area contributed by atoms with E-state index in [1.807, 2.05) is 37.3 Å². The lowest BCUT2D eigenvalue weighted by molar-refractivity contribution is 0.415. The molecule has 0 fully saturated rings. The Kier molecular flexibility index (Phi) is 4.16. The van der Waals surface area contributed by atoms with Crippen molar-refractivity contribution in [1.82, 2.24) is 8.54 Å². The van der Waals surface area contributed by atoms with Gasteiger partial charge < -0.3 is 9.30 Å². The summed E-state index contributed by atoms with van der Waals surface area (Å²) in [4.78, 5) is 0. The first-order valence-corrected chi connectivity index (χ1v) is 10.7. The lowest BCUT2D eigenvalue weighted by Gasteiger charge is -2.10. The summed E-state index contributed by atoms with van der Waals surface area (Å²) >= 11 is 0. The summed E-state index contributed by atoms with van der Waals surface area (Å²) in [5.74, 6) is 0.733. The highest BCUT2D eigenvalue weighted by Gasteiger charge is 2.19. The molecule has 6 nitrogen and oxygen atoms in total. The van der Waals surface area contributed by atoms with Crippen LogP contribution in [0, 0.1) is 11.3 Å². The summed E-state index contributed by atoms with van der Waals surface area (Å²) in [5, 5.41) is 11.5. The predicted octanol–water partition coefficient (Wildman–Crippen LogP) is 3.97. The molecule has 0 saturated carbocycles. The minimum Gasteiger partial charge on any atom is -0.497 e. The maximum absolute atomic E-state index is 11.9. The Morgan fingerprint density at radius 3 is 2.54 bits per heavy atom. The minimum absolute atomic E-state index is 0.599. The van der Waals surface area contributed by atoms with E-state index in [2.05, 4.69) is 10.6 Å². The van der Waals surface area contributed by atoms with Gasteiger partial charge in [-0.15, -0.1) is 0 Å². The molecule has 2 heterocycles. The fourth-order valence-corrected chi connectivity index (χ4v) is 4.56. The molecule has 0 radical (unpaired) electrons. The predicted molar refractivity (Wildman–Crippen MR) is 110 cm³/mol. The van der Waals surface area contributed by atoms with E-state index < -0.39 is 10.0 Å². The number of benzene rings is 2. The van der Waals surface area contributed by atoms with Crippen LogP contribution in [0.4, 0.5) is 0 Å². The van der Waals surface area contributed by atoms with Crippen molar-refractivity contribution >= 4 is 31.8 Å². The maximum Gasteiger partial charge on any atom is 0.236 e. The second-order valence-electron chi connectivity index (χ2n) is 6.61. The van der Waals surface area contributed by atoms with Crippen LogP contribution in [-0.4, -0.2) is 30.3 Å². The Morgan fingerprint density at radius 1 is 1.11 bits per heavy atom. The van der Waals surface area contributed by atoms with Crippen LogP contribution in [0.1, 0.15) is 12.5 Å². The van der Waals surface area contributed by atoms with Crippen LogP contribution in [0.15, 0.2) is 48.7 Å². The Hall–Kier alpha value is -3.24. The number of hydrogen-bond donors (Lipinski definition) is 0. The molecule has 0 saturated heterocycles. The summed E-state index contributed by atoms with van der Waals surface area (Å²) in [5.41, 5.74) is 3.84. The van der Waals surface area contributed by atoms with Gasteiger partial charge in [0.25, 0.3) is 0 Å². The van der Waals surface area contributed by atoms with E-state index >= 15 is 0 Å². The van der Waals surface area contributed by atoms with E-state index in [-0.39, 0.29) is 0 Å². The quantitative estimate of drug-likeness (QED) is 0.526. The van der Waals surface area contributed by atoms with Gasteiger partial charge in [-0.2, -0.15) is 5.26 Å². The molecule has 0 aliphatic heterocycles. The molecule has 142 valence electrons. The zero-order valence-electron chi connectivity index (χ0n) is 15.8. The van der Waals surface area contributed by atoms with Crippen molar-refractivity contribution in [3.05, 3.63) is 54.2 Å². The molecular formula is C21H19N3O3S. The van der Waals surface area contributed by atoms with Crippen LogP contribution >= 0.6 is 0 Å². The minimum atomic E-state index is -3.37. The number of methoxy groups -OCH3 is 1. The second kappa shape index (κ2) is 6.43. The average molecular weight is 393 g/mol. The first kappa shape index (κ1) is 18.1. The second-order valence-corrected chi connectivity index (χ2v) is 8.47. The number of aryl methyl sites for hydroxylation is 1. The fraction of sp³-hybridized carbons (Fsp3) is 0.190. The topological polar surface area (TPSA) is 77.0 Å². The van der Waals surface area contributed by atoms with Crippen molar-refractivity contribution in [2.75, 3.05) is 13.4 Å². The smallest absolute Gasteiger partial charge is 0.236 e. The highest BCUT2D eigenvalue weighted by atomic mass is 32.2. The zero-order valence-corrected chi connectivity index (χ0v) is 16.6. The molecular weight excluding hydrogens is 374 g/mol. The normalized spacial score (nSPS) is 11.8. The first-order chi connectivity index (χ1) is 13.4. The van der Waals surface area contributed by atoms with E-state index in [0.717, 1.165) is 33.3 Å². The third-order valence-electron chi connectivity index (χ3n) is 4.98. The fourth-order valence-electron chi connectivity index (χ4n) is 3.75. The van der Waals surface area contributed by atoms with Gasteiger partial charge in [0.15, 0.2) is 0 Å². The summed E-state index contributed by atoms with van der Waals surface area (Å²) in [6.45, 7) is 2.71. The zero-order chi connectivity index (χ0) is 20.1.